The Labute approximate surface area is 146 Å². The normalized spacial score (nSPS) is 14.7. The minimum atomic E-state index is 0.0784. The summed E-state index contributed by atoms with van der Waals surface area (Å²) in [5.74, 6) is 0.311. The zero-order valence-corrected chi connectivity index (χ0v) is 14.1. The maximum atomic E-state index is 10.4. The van der Waals surface area contributed by atoms with Crippen molar-refractivity contribution in [1.82, 2.24) is 4.98 Å². The van der Waals surface area contributed by atoms with E-state index < -0.39 is 0 Å². The molecule has 120 valence electrons. The third-order valence-corrected chi connectivity index (χ3v) is 5.52. The fourth-order valence-corrected chi connectivity index (χ4v) is 4.28. The van der Waals surface area contributed by atoms with Crippen LogP contribution in [-0.4, -0.2) is 27.6 Å². The molecule has 1 aromatic carbocycles. The number of phenolic OH excluding ortho intramolecular Hbond substituents is 1. The Morgan fingerprint density at radius 2 is 1.92 bits per heavy atom. The number of para-hydroxylation sites is 2. The minimum Gasteiger partial charge on any atom is -0.510 e. The molecule has 0 aliphatic carbocycles. The summed E-state index contributed by atoms with van der Waals surface area (Å²) < 4.78 is 0. The van der Waals surface area contributed by atoms with Gasteiger partial charge in [0.1, 0.15) is 22.4 Å². The largest absolute Gasteiger partial charge is 0.510 e. The van der Waals surface area contributed by atoms with Crippen molar-refractivity contribution in [1.29, 1.82) is 5.41 Å². The predicted molar refractivity (Wildman–Crippen MR) is 98.2 cm³/mol. The molecule has 5 nitrogen and oxygen atoms in total. The Kier molecular flexibility index (Phi) is 3.59. The third kappa shape index (κ3) is 2.38. The first-order valence-electron chi connectivity index (χ1n) is 7.21. The molecule has 3 N–H and O–H groups in total. The molecule has 3 aromatic rings. The van der Waals surface area contributed by atoms with Gasteiger partial charge in [0.15, 0.2) is 0 Å². The van der Waals surface area contributed by atoms with Crippen molar-refractivity contribution in [2.75, 3.05) is 11.4 Å². The molecule has 1 aliphatic heterocycles. The van der Waals surface area contributed by atoms with Gasteiger partial charge in [-0.05, 0) is 23.6 Å². The highest BCUT2D eigenvalue weighted by molar-refractivity contribution is 7.14. The van der Waals surface area contributed by atoms with Crippen LogP contribution in [0.1, 0.15) is 5.01 Å². The van der Waals surface area contributed by atoms with Gasteiger partial charge in [-0.15, -0.1) is 22.7 Å². The Morgan fingerprint density at radius 1 is 1.08 bits per heavy atom. The number of benzene rings is 1. The van der Waals surface area contributed by atoms with Gasteiger partial charge >= 0.3 is 0 Å². The number of aliphatic hydroxyl groups is 1. The number of thiophene rings is 1. The number of nitrogens with zero attached hydrogens (tertiary/aromatic N) is 2. The van der Waals surface area contributed by atoms with E-state index in [2.05, 4.69) is 4.98 Å². The molecule has 0 atom stereocenters. The lowest BCUT2D eigenvalue weighted by atomic mass is 10.2. The zero-order valence-electron chi connectivity index (χ0n) is 12.4. The van der Waals surface area contributed by atoms with Crippen LogP contribution in [0.5, 0.6) is 5.75 Å². The molecular formula is C17H13N3O2S2. The summed E-state index contributed by atoms with van der Waals surface area (Å²) in [6, 6.07) is 10.8. The van der Waals surface area contributed by atoms with Gasteiger partial charge in [0.05, 0.1) is 28.4 Å². The van der Waals surface area contributed by atoms with E-state index in [4.69, 9.17) is 5.41 Å². The molecular weight excluding hydrogens is 342 g/mol. The second kappa shape index (κ2) is 5.77. The SMILES string of the molecule is N=C1C(c2nc(-c3cccs3)cs2)=C(O)CN1c1ccccc1O. The van der Waals surface area contributed by atoms with Crippen LogP contribution in [0.15, 0.2) is 52.9 Å². The number of thiazole rings is 1. The van der Waals surface area contributed by atoms with Crippen LogP contribution in [0.25, 0.3) is 16.1 Å². The van der Waals surface area contributed by atoms with Gasteiger partial charge in [0.2, 0.25) is 0 Å². The summed E-state index contributed by atoms with van der Waals surface area (Å²) in [5.41, 5.74) is 1.77. The van der Waals surface area contributed by atoms with Crippen LogP contribution in [0, 0.1) is 5.41 Å². The zero-order chi connectivity index (χ0) is 16.7. The average molecular weight is 355 g/mol. The molecule has 4 rings (SSSR count). The van der Waals surface area contributed by atoms with E-state index in [1.54, 1.807) is 40.5 Å². The number of amidine groups is 1. The standard InChI is InChI=1S/C17H13N3O2S2/c18-16-15(17-19-10(9-24-17)14-6-3-7-23-14)13(22)8-20(16)11-4-1-2-5-12(11)21/h1-7,9,18,21-22H,8H2. The molecule has 0 amide bonds. The summed E-state index contributed by atoms with van der Waals surface area (Å²) in [7, 11) is 0. The van der Waals surface area contributed by atoms with E-state index in [0.29, 0.717) is 16.3 Å². The van der Waals surface area contributed by atoms with Gasteiger partial charge in [-0.2, -0.15) is 0 Å². The highest BCUT2D eigenvalue weighted by Gasteiger charge is 2.32. The molecule has 2 aromatic heterocycles. The fourth-order valence-electron chi connectivity index (χ4n) is 2.63. The number of phenols is 1. The molecule has 0 saturated heterocycles. The minimum absolute atomic E-state index is 0.0784. The number of rotatable bonds is 3. The van der Waals surface area contributed by atoms with Crippen molar-refractivity contribution >= 4 is 39.8 Å². The van der Waals surface area contributed by atoms with E-state index in [1.165, 1.54) is 11.3 Å². The second-order valence-electron chi connectivity index (χ2n) is 5.26. The second-order valence-corrected chi connectivity index (χ2v) is 7.07. The Morgan fingerprint density at radius 3 is 2.67 bits per heavy atom. The van der Waals surface area contributed by atoms with Crippen LogP contribution in [0.2, 0.25) is 0 Å². The Bertz CT molecular complexity index is 944. The number of hydrogen-bond donors (Lipinski definition) is 3. The van der Waals surface area contributed by atoms with Gasteiger partial charge < -0.3 is 15.1 Å². The van der Waals surface area contributed by atoms with Crippen molar-refractivity contribution in [3.8, 4) is 16.3 Å². The first-order chi connectivity index (χ1) is 11.6. The molecule has 24 heavy (non-hydrogen) atoms. The number of nitrogens with one attached hydrogen (secondary N) is 1. The lowest BCUT2D eigenvalue weighted by Gasteiger charge is -2.19. The van der Waals surface area contributed by atoms with Crippen molar-refractivity contribution < 1.29 is 10.2 Å². The monoisotopic (exact) mass is 355 g/mol. The summed E-state index contributed by atoms with van der Waals surface area (Å²) in [5, 5.41) is 33.3. The fraction of sp³-hybridized carbons (Fsp3) is 0.0588. The van der Waals surface area contributed by atoms with Crippen LogP contribution in [0.4, 0.5) is 5.69 Å². The lowest BCUT2D eigenvalue weighted by Crippen LogP contribution is -2.26. The molecule has 1 aliphatic rings. The number of aliphatic hydroxyl groups excluding tert-OH is 1. The first-order valence-corrected chi connectivity index (χ1v) is 8.97. The Hall–Kier alpha value is -2.64. The van der Waals surface area contributed by atoms with Crippen LogP contribution < -0.4 is 4.90 Å². The number of aromatic hydroxyl groups is 1. The molecule has 0 unspecified atom stereocenters. The lowest BCUT2D eigenvalue weighted by molar-refractivity contribution is 0.411. The van der Waals surface area contributed by atoms with Crippen LogP contribution in [-0.2, 0) is 0 Å². The third-order valence-electron chi connectivity index (χ3n) is 3.77. The Balaban J connectivity index is 1.68. The van der Waals surface area contributed by atoms with Gasteiger partial charge in [-0.1, -0.05) is 18.2 Å². The maximum Gasteiger partial charge on any atom is 0.139 e. The molecule has 0 saturated carbocycles. The van der Waals surface area contributed by atoms with Crippen molar-refractivity contribution in [3.63, 3.8) is 0 Å². The molecule has 0 fully saturated rings. The van der Waals surface area contributed by atoms with Crippen molar-refractivity contribution in [3.05, 3.63) is 57.9 Å². The van der Waals surface area contributed by atoms with Gasteiger partial charge in [0.25, 0.3) is 0 Å². The molecule has 7 heteroatoms. The summed E-state index contributed by atoms with van der Waals surface area (Å²) >= 11 is 3.00. The highest BCUT2D eigenvalue weighted by atomic mass is 32.1. The molecule has 0 bridgehead atoms. The number of hydrogen-bond acceptors (Lipinski definition) is 6. The number of aromatic nitrogens is 1. The van der Waals surface area contributed by atoms with Gasteiger partial charge in [0, 0.05) is 5.38 Å². The van der Waals surface area contributed by atoms with Gasteiger partial charge in [-0.3, -0.25) is 5.41 Å². The average Bonchev–Trinajstić information content (AvgIpc) is 3.28. The summed E-state index contributed by atoms with van der Waals surface area (Å²) in [6.45, 7) is 0.152. The predicted octanol–water partition coefficient (Wildman–Crippen LogP) is 4.34. The maximum absolute atomic E-state index is 10.4. The quantitative estimate of drug-likeness (QED) is 0.653. The van der Waals surface area contributed by atoms with Crippen molar-refractivity contribution in [2.45, 2.75) is 0 Å². The van der Waals surface area contributed by atoms with E-state index in [-0.39, 0.29) is 23.9 Å². The topological polar surface area (TPSA) is 80.4 Å². The summed E-state index contributed by atoms with van der Waals surface area (Å²) in [4.78, 5) is 7.20. The van der Waals surface area contributed by atoms with Crippen molar-refractivity contribution in [2.24, 2.45) is 0 Å². The molecule has 3 heterocycles. The van der Waals surface area contributed by atoms with Gasteiger partial charge in [-0.25, -0.2) is 4.98 Å². The molecule has 0 spiro atoms. The summed E-state index contributed by atoms with van der Waals surface area (Å²) in [6.07, 6.45) is 0. The smallest absolute Gasteiger partial charge is 0.139 e. The highest BCUT2D eigenvalue weighted by Crippen LogP contribution is 2.37. The number of anilines is 1. The van der Waals surface area contributed by atoms with E-state index in [0.717, 1.165) is 10.6 Å². The first kappa shape index (κ1) is 14.9. The van der Waals surface area contributed by atoms with E-state index >= 15 is 0 Å². The van der Waals surface area contributed by atoms with E-state index in [9.17, 15) is 10.2 Å². The van der Waals surface area contributed by atoms with E-state index in [1.807, 2.05) is 22.9 Å². The van der Waals surface area contributed by atoms with Crippen LogP contribution >= 0.6 is 22.7 Å². The molecule has 0 radical (unpaired) electrons. The van der Waals surface area contributed by atoms with Crippen LogP contribution in [0.3, 0.4) is 0 Å².